The molecule has 5 nitrogen and oxygen atoms in total. The molecule has 0 aromatic heterocycles. The zero-order valence-corrected chi connectivity index (χ0v) is 8.67. The number of nitrogens with one attached hydrogen (secondary N) is 1. The molecule has 0 bridgehead atoms. The molecular weight excluding hydrogens is 182 g/mol. The molecule has 2 amide bonds. The second kappa shape index (κ2) is 3.96. The highest BCUT2D eigenvalue weighted by Crippen LogP contribution is 2.18. The fourth-order valence-corrected chi connectivity index (χ4v) is 1.59. The Kier molecular flexibility index (Phi) is 3.10. The Morgan fingerprint density at radius 2 is 2.29 bits per heavy atom. The summed E-state index contributed by atoms with van der Waals surface area (Å²) in [5.74, 6) is -0.151. The van der Waals surface area contributed by atoms with Crippen LogP contribution >= 0.6 is 0 Å². The van der Waals surface area contributed by atoms with E-state index in [4.69, 9.17) is 5.73 Å². The van der Waals surface area contributed by atoms with Gasteiger partial charge in [0.25, 0.3) is 0 Å². The minimum absolute atomic E-state index is 0.0487. The maximum atomic E-state index is 11.6. The zero-order chi connectivity index (χ0) is 10.8. The molecule has 1 aliphatic rings. The van der Waals surface area contributed by atoms with Gasteiger partial charge in [0, 0.05) is 26.1 Å². The number of carbonyl (C=O) groups excluding carboxylic acids is 2. The van der Waals surface area contributed by atoms with E-state index >= 15 is 0 Å². The van der Waals surface area contributed by atoms with Crippen molar-refractivity contribution in [2.45, 2.75) is 25.8 Å². The second-order valence-electron chi connectivity index (χ2n) is 3.90. The van der Waals surface area contributed by atoms with Crippen LogP contribution in [0.3, 0.4) is 0 Å². The van der Waals surface area contributed by atoms with E-state index in [1.807, 2.05) is 0 Å². The normalized spacial score (nSPS) is 20.5. The van der Waals surface area contributed by atoms with Crippen molar-refractivity contribution in [1.82, 2.24) is 10.2 Å². The Hall–Kier alpha value is -1.10. The lowest BCUT2D eigenvalue weighted by atomic mass is 9.98. The first-order chi connectivity index (χ1) is 6.50. The monoisotopic (exact) mass is 199 g/mol. The number of hydrogen-bond acceptors (Lipinski definition) is 3. The van der Waals surface area contributed by atoms with Gasteiger partial charge in [-0.15, -0.1) is 0 Å². The number of nitrogens with zero attached hydrogens (tertiary/aromatic N) is 1. The van der Waals surface area contributed by atoms with E-state index in [1.165, 1.54) is 0 Å². The van der Waals surface area contributed by atoms with Crippen LogP contribution in [0, 0.1) is 0 Å². The van der Waals surface area contributed by atoms with Gasteiger partial charge in [-0.1, -0.05) is 0 Å². The predicted molar refractivity (Wildman–Crippen MR) is 52.5 cm³/mol. The third-order valence-corrected chi connectivity index (χ3v) is 2.51. The SMILES string of the molecule is CC1(C)C(=O)NCCN1C(=O)CCN. The smallest absolute Gasteiger partial charge is 0.245 e. The van der Waals surface area contributed by atoms with Crippen molar-refractivity contribution in [3.8, 4) is 0 Å². The summed E-state index contributed by atoms with van der Waals surface area (Å²) in [5, 5.41) is 2.74. The maximum Gasteiger partial charge on any atom is 0.245 e. The van der Waals surface area contributed by atoms with Crippen LogP contribution in [0.25, 0.3) is 0 Å². The average Bonchev–Trinajstić information content (AvgIpc) is 2.10. The fraction of sp³-hybridized carbons (Fsp3) is 0.778. The Balaban J connectivity index is 2.76. The molecule has 0 aromatic rings. The molecular formula is C9H17N3O2. The molecule has 1 aliphatic heterocycles. The van der Waals surface area contributed by atoms with Crippen LogP contribution in [0.15, 0.2) is 0 Å². The van der Waals surface area contributed by atoms with Crippen molar-refractivity contribution in [2.75, 3.05) is 19.6 Å². The molecule has 1 heterocycles. The second-order valence-corrected chi connectivity index (χ2v) is 3.90. The van der Waals surface area contributed by atoms with Crippen LogP contribution in [0.4, 0.5) is 0 Å². The highest BCUT2D eigenvalue weighted by molar-refractivity contribution is 5.91. The van der Waals surface area contributed by atoms with Gasteiger partial charge in [0.05, 0.1) is 0 Å². The van der Waals surface area contributed by atoms with Gasteiger partial charge in [-0.25, -0.2) is 0 Å². The lowest BCUT2D eigenvalue weighted by Crippen LogP contribution is -2.63. The first kappa shape index (κ1) is 11.0. The number of nitrogens with two attached hydrogens (primary N) is 1. The molecule has 0 unspecified atom stereocenters. The third-order valence-electron chi connectivity index (χ3n) is 2.51. The molecule has 0 atom stereocenters. The first-order valence-corrected chi connectivity index (χ1v) is 4.79. The van der Waals surface area contributed by atoms with Crippen molar-refractivity contribution in [1.29, 1.82) is 0 Å². The van der Waals surface area contributed by atoms with E-state index in [1.54, 1.807) is 18.7 Å². The molecule has 0 aromatic carbocycles. The fourth-order valence-electron chi connectivity index (χ4n) is 1.59. The molecule has 80 valence electrons. The number of piperazine rings is 1. The number of amides is 2. The Morgan fingerprint density at radius 3 is 2.86 bits per heavy atom. The minimum atomic E-state index is -0.746. The topological polar surface area (TPSA) is 75.4 Å². The molecule has 0 spiro atoms. The lowest BCUT2D eigenvalue weighted by molar-refractivity contribution is -0.149. The van der Waals surface area contributed by atoms with Gasteiger partial charge in [0.15, 0.2) is 0 Å². The average molecular weight is 199 g/mol. The van der Waals surface area contributed by atoms with Crippen molar-refractivity contribution >= 4 is 11.8 Å². The summed E-state index contributed by atoms with van der Waals surface area (Å²) in [5.41, 5.74) is 4.57. The van der Waals surface area contributed by atoms with Crippen LogP contribution in [0.1, 0.15) is 20.3 Å². The summed E-state index contributed by atoms with van der Waals surface area (Å²) in [4.78, 5) is 24.7. The van der Waals surface area contributed by atoms with E-state index in [0.29, 0.717) is 26.1 Å². The highest BCUT2D eigenvalue weighted by Gasteiger charge is 2.39. The summed E-state index contributed by atoms with van der Waals surface area (Å²) in [6, 6.07) is 0. The standard InChI is InChI=1S/C9H17N3O2/c1-9(2)8(14)11-5-6-12(9)7(13)3-4-10/h3-6,10H2,1-2H3,(H,11,14). The molecule has 1 rings (SSSR count). The van der Waals surface area contributed by atoms with Gasteiger partial charge in [-0.2, -0.15) is 0 Å². The van der Waals surface area contributed by atoms with Gasteiger partial charge in [-0.05, 0) is 13.8 Å². The van der Waals surface area contributed by atoms with E-state index in [9.17, 15) is 9.59 Å². The molecule has 0 aliphatic carbocycles. The van der Waals surface area contributed by atoms with Crippen LogP contribution in [-0.2, 0) is 9.59 Å². The van der Waals surface area contributed by atoms with E-state index in [2.05, 4.69) is 5.32 Å². The third kappa shape index (κ3) is 1.87. The van der Waals surface area contributed by atoms with Gasteiger partial charge in [0.1, 0.15) is 5.54 Å². The van der Waals surface area contributed by atoms with E-state index in [-0.39, 0.29) is 11.8 Å². The van der Waals surface area contributed by atoms with E-state index in [0.717, 1.165) is 0 Å². The predicted octanol–water partition coefficient (Wildman–Crippen LogP) is -0.928. The van der Waals surface area contributed by atoms with Crippen molar-refractivity contribution in [3.63, 3.8) is 0 Å². The molecule has 0 saturated carbocycles. The van der Waals surface area contributed by atoms with Crippen molar-refractivity contribution in [3.05, 3.63) is 0 Å². The minimum Gasteiger partial charge on any atom is -0.352 e. The largest absolute Gasteiger partial charge is 0.352 e. The molecule has 1 saturated heterocycles. The summed E-state index contributed by atoms with van der Waals surface area (Å²) < 4.78 is 0. The Labute approximate surface area is 83.6 Å². The Bertz CT molecular complexity index is 250. The summed E-state index contributed by atoms with van der Waals surface area (Å²) in [6.45, 7) is 4.91. The zero-order valence-electron chi connectivity index (χ0n) is 8.67. The molecule has 1 fully saturated rings. The van der Waals surface area contributed by atoms with Crippen molar-refractivity contribution < 1.29 is 9.59 Å². The molecule has 3 N–H and O–H groups in total. The van der Waals surface area contributed by atoms with Crippen LogP contribution < -0.4 is 11.1 Å². The summed E-state index contributed by atoms with van der Waals surface area (Å²) >= 11 is 0. The Morgan fingerprint density at radius 1 is 1.64 bits per heavy atom. The van der Waals surface area contributed by atoms with Gasteiger partial charge in [-0.3, -0.25) is 9.59 Å². The molecule has 14 heavy (non-hydrogen) atoms. The quantitative estimate of drug-likeness (QED) is 0.603. The molecule has 5 heteroatoms. The summed E-state index contributed by atoms with van der Waals surface area (Å²) in [7, 11) is 0. The van der Waals surface area contributed by atoms with Crippen LogP contribution in [-0.4, -0.2) is 41.9 Å². The number of carbonyl (C=O) groups is 2. The highest BCUT2D eigenvalue weighted by atomic mass is 16.2. The number of hydrogen-bond donors (Lipinski definition) is 2. The van der Waals surface area contributed by atoms with Crippen LogP contribution in [0.5, 0.6) is 0 Å². The van der Waals surface area contributed by atoms with Gasteiger partial charge < -0.3 is 16.0 Å². The maximum absolute atomic E-state index is 11.6. The van der Waals surface area contributed by atoms with E-state index < -0.39 is 5.54 Å². The van der Waals surface area contributed by atoms with Crippen molar-refractivity contribution in [2.24, 2.45) is 5.73 Å². The number of rotatable bonds is 2. The van der Waals surface area contributed by atoms with Gasteiger partial charge >= 0.3 is 0 Å². The summed E-state index contributed by atoms with van der Waals surface area (Å²) in [6.07, 6.45) is 0.302. The molecule has 0 radical (unpaired) electrons. The van der Waals surface area contributed by atoms with Crippen LogP contribution in [0.2, 0.25) is 0 Å². The lowest BCUT2D eigenvalue weighted by Gasteiger charge is -2.41. The first-order valence-electron chi connectivity index (χ1n) is 4.79. The van der Waals surface area contributed by atoms with Gasteiger partial charge in [0.2, 0.25) is 11.8 Å².